The third-order valence-corrected chi connectivity index (χ3v) is 5.94. The zero-order valence-corrected chi connectivity index (χ0v) is 14.0. The molecule has 0 spiro atoms. The molecule has 0 saturated carbocycles. The van der Waals surface area contributed by atoms with Crippen molar-refractivity contribution in [3.05, 3.63) is 29.8 Å². The molecule has 1 saturated heterocycles. The first-order chi connectivity index (χ1) is 10.4. The number of methoxy groups -OCH3 is 1. The van der Waals surface area contributed by atoms with E-state index in [2.05, 4.69) is 9.64 Å². The number of hydrogen-bond donors (Lipinski definition) is 0. The van der Waals surface area contributed by atoms with Crippen LogP contribution in [0.5, 0.6) is 0 Å². The molecule has 0 N–H and O–H groups in total. The van der Waals surface area contributed by atoms with Crippen molar-refractivity contribution >= 4 is 16.0 Å². The van der Waals surface area contributed by atoms with Crippen LogP contribution < -0.4 is 0 Å². The number of carbonyl (C=O) groups excluding carboxylic acids is 1. The second-order valence-electron chi connectivity index (χ2n) is 5.62. The number of sulfonamides is 1. The fourth-order valence-electron chi connectivity index (χ4n) is 2.65. The quantitative estimate of drug-likeness (QED) is 0.778. The Balaban J connectivity index is 2.19. The molecule has 1 aliphatic rings. The minimum atomic E-state index is -3.57. The van der Waals surface area contributed by atoms with Gasteiger partial charge in [0.25, 0.3) is 0 Å². The summed E-state index contributed by atoms with van der Waals surface area (Å²) in [5.74, 6) is -0.539. The summed E-state index contributed by atoms with van der Waals surface area (Å²) >= 11 is 0. The Labute approximate surface area is 131 Å². The Bertz CT molecular complexity index is 635. The molecule has 0 aromatic heterocycles. The number of carbonyl (C=O) groups is 1. The van der Waals surface area contributed by atoms with Gasteiger partial charge in [0.15, 0.2) is 0 Å². The van der Waals surface area contributed by atoms with Crippen molar-refractivity contribution in [1.82, 2.24) is 9.21 Å². The van der Waals surface area contributed by atoms with E-state index in [9.17, 15) is 13.2 Å². The molecule has 0 bridgehead atoms. The number of piperidine rings is 1. The van der Waals surface area contributed by atoms with Gasteiger partial charge in [-0.2, -0.15) is 4.31 Å². The first-order valence-corrected chi connectivity index (χ1v) is 8.65. The van der Waals surface area contributed by atoms with E-state index in [1.165, 1.54) is 23.5 Å². The van der Waals surface area contributed by atoms with E-state index in [-0.39, 0.29) is 10.5 Å². The van der Waals surface area contributed by atoms with Crippen LogP contribution in [0.4, 0.5) is 0 Å². The Morgan fingerprint density at radius 1 is 1.27 bits per heavy atom. The van der Waals surface area contributed by atoms with Crippen LogP contribution in [0.15, 0.2) is 29.2 Å². The largest absolute Gasteiger partial charge is 0.465 e. The second kappa shape index (κ2) is 6.76. The normalized spacial score (nSPS) is 17.6. The lowest BCUT2D eigenvalue weighted by molar-refractivity contribution is 0.0600. The van der Waals surface area contributed by atoms with Gasteiger partial charge in [0.2, 0.25) is 10.0 Å². The number of ether oxygens (including phenoxy) is 1. The lowest BCUT2D eigenvalue weighted by atomic mass is 10.1. The molecular weight excluding hydrogens is 304 g/mol. The van der Waals surface area contributed by atoms with Gasteiger partial charge in [-0.15, -0.1) is 0 Å². The minimum absolute atomic E-state index is 0.138. The van der Waals surface area contributed by atoms with Gasteiger partial charge in [0, 0.05) is 19.1 Å². The van der Waals surface area contributed by atoms with Crippen molar-refractivity contribution in [2.75, 3.05) is 34.3 Å². The summed E-state index contributed by atoms with van der Waals surface area (Å²) in [7, 11) is 1.72. The van der Waals surface area contributed by atoms with E-state index in [0.717, 1.165) is 12.8 Å². The predicted octanol–water partition coefficient (Wildman–Crippen LogP) is 1.19. The molecule has 0 atom stereocenters. The Morgan fingerprint density at radius 3 is 2.45 bits per heavy atom. The van der Waals surface area contributed by atoms with E-state index >= 15 is 0 Å². The van der Waals surface area contributed by atoms with Crippen LogP contribution >= 0.6 is 0 Å². The fraction of sp³-hybridized carbons (Fsp3) is 0.533. The maximum atomic E-state index is 12.7. The maximum absolute atomic E-state index is 12.7. The highest BCUT2D eigenvalue weighted by atomic mass is 32.2. The summed E-state index contributed by atoms with van der Waals surface area (Å²) in [5, 5.41) is 0. The van der Waals surface area contributed by atoms with Crippen molar-refractivity contribution in [1.29, 1.82) is 0 Å². The first kappa shape index (κ1) is 16.9. The maximum Gasteiger partial charge on any atom is 0.337 e. The van der Waals surface area contributed by atoms with E-state index in [1.54, 1.807) is 12.1 Å². The zero-order valence-electron chi connectivity index (χ0n) is 13.2. The summed E-state index contributed by atoms with van der Waals surface area (Å²) in [6.45, 7) is 0.987. The first-order valence-electron chi connectivity index (χ1n) is 7.21. The van der Waals surface area contributed by atoms with Gasteiger partial charge in [-0.25, -0.2) is 13.2 Å². The van der Waals surface area contributed by atoms with E-state index in [1.807, 2.05) is 14.1 Å². The smallest absolute Gasteiger partial charge is 0.337 e. The zero-order chi connectivity index (χ0) is 16.3. The van der Waals surface area contributed by atoms with Crippen LogP contribution in [0, 0.1) is 0 Å². The Kier molecular flexibility index (Phi) is 5.20. The Hall–Kier alpha value is -1.44. The molecule has 122 valence electrons. The average Bonchev–Trinajstić information content (AvgIpc) is 2.54. The van der Waals surface area contributed by atoms with Crippen LogP contribution in [0.1, 0.15) is 23.2 Å². The van der Waals surface area contributed by atoms with E-state index in [0.29, 0.717) is 19.1 Å². The lowest BCUT2D eigenvalue weighted by Crippen LogP contribution is -2.44. The van der Waals surface area contributed by atoms with Crippen LogP contribution in [-0.2, 0) is 14.8 Å². The molecule has 22 heavy (non-hydrogen) atoms. The van der Waals surface area contributed by atoms with Gasteiger partial charge in [-0.3, -0.25) is 0 Å². The second-order valence-corrected chi connectivity index (χ2v) is 7.56. The molecule has 1 heterocycles. The van der Waals surface area contributed by atoms with Crippen molar-refractivity contribution < 1.29 is 17.9 Å². The van der Waals surface area contributed by atoms with Crippen LogP contribution in [0.3, 0.4) is 0 Å². The van der Waals surface area contributed by atoms with Crippen molar-refractivity contribution in [3.63, 3.8) is 0 Å². The molecule has 1 fully saturated rings. The minimum Gasteiger partial charge on any atom is -0.465 e. The Morgan fingerprint density at radius 2 is 1.91 bits per heavy atom. The third-order valence-electron chi connectivity index (χ3n) is 4.05. The SMILES string of the molecule is COC(=O)c1cccc(S(=O)(=O)N2CCC(N(C)C)CC2)c1. The predicted molar refractivity (Wildman–Crippen MR) is 83.2 cm³/mol. The van der Waals surface area contributed by atoms with Crippen LogP contribution in [0.25, 0.3) is 0 Å². The fourth-order valence-corrected chi connectivity index (χ4v) is 4.17. The van der Waals surface area contributed by atoms with E-state index < -0.39 is 16.0 Å². The molecule has 6 nitrogen and oxygen atoms in total. The molecule has 1 aromatic rings. The van der Waals surface area contributed by atoms with Crippen molar-refractivity contribution in [2.24, 2.45) is 0 Å². The average molecular weight is 326 g/mol. The number of rotatable bonds is 4. The number of nitrogens with zero attached hydrogens (tertiary/aromatic N) is 2. The van der Waals surface area contributed by atoms with Gasteiger partial charge in [0.05, 0.1) is 17.6 Å². The van der Waals surface area contributed by atoms with Gasteiger partial charge >= 0.3 is 5.97 Å². The van der Waals surface area contributed by atoms with Crippen LogP contribution in [0.2, 0.25) is 0 Å². The summed E-state index contributed by atoms with van der Waals surface area (Å²) in [6.07, 6.45) is 1.62. The molecule has 7 heteroatoms. The molecule has 0 amide bonds. The molecule has 0 radical (unpaired) electrons. The summed E-state index contributed by atoms with van der Waals surface area (Å²) in [4.78, 5) is 13.8. The summed E-state index contributed by atoms with van der Waals surface area (Å²) in [6, 6.07) is 6.40. The highest BCUT2D eigenvalue weighted by Crippen LogP contribution is 2.23. The van der Waals surface area contributed by atoms with Gasteiger partial charge in [-0.05, 0) is 45.1 Å². The van der Waals surface area contributed by atoms with Crippen molar-refractivity contribution in [2.45, 2.75) is 23.8 Å². The summed E-state index contributed by atoms with van der Waals surface area (Å²) in [5.41, 5.74) is 0.242. The number of hydrogen-bond acceptors (Lipinski definition) is 5. The molecular formula is C15H22N2O4S. The standard InChI is InChI=1S/C15H22N2O4S/c1-16(2)13-7-9-17(10-8-13)22(19,20)14-6-4-5-12(11-14)15(18)21-3/h4-6,11,13H,7-10H2,1-3H3. The van der Waals surface area contributed by atoms with E-state index in [4.69, 9.17) is 0 Å². The highest BCUT2D eigenvalue weighted by molar-refractivity contribution is 7.89. The van der Waals surface area contributed by atoms with Crippen molar-refractivity contribution in [3.8, 4) is 0 Å². The molecule has 1 aromatic carbocycles. The third kappa shape index (κ3) is 3.48. The molecule has 0 unspecified atom stereocenters. The number of esters is 1. The molecule has 2 rings (SSSR count). The topological polar surface area (TPSA) is 66.9 Å². The van der Waals surface area contributed by atoms with Crippen LogP contribution in [-0.4, -0.2) is 63.9 Å². The molecule has 0 aliphatic carbocycles. The number of benzene rings is 1. The monoisotopic (exact) mass is 326 g/mol. The van der Waals surface area contributed by atoms with Gasteiger partial charge in [-0.1, -0.05) is 6.07 Å². The van der Waals surface area contributed by atoms with Gasteiger partial charge in [0.1, 0.15) is 0 Å². The molecule has 1 aliphatic heterocycles. The summed E-state index contributed by atoms with van der Waals surface area (Å²) < 4.78 is 31.5. The lowest BCUT2D eigenvalue weighted by Gasteiger charge is -2.34. The highest BCUT2D eigenvalue weighted by Gasteiger charge is 2.30. The van der Waals surface area contributed by atoms with Gasteiger partial charge < -0.3 is 9.64 Å².